The summed E-state index contributed by atoms with van der Waals surface area (Å²) in [4.78, 5) is 2.03. The number of nitrogens with zero attached hydrogens (tertiary/aromatic N) is 1. The van der Waals surface area contributed by atoms with Gasteiger partial charge in [-0.05, 0) is 20.0 Å². The van der Waals surface area contributed by atoms with Crippen molar-refractivity contribution in [1.29, 1.82) is 0 Å². The number of aliphatic hydroxyl groups excluding tert-OH is 1. The van der Waals surface area contributed by atoms with E-state index in [2.05, 4.69) is 0 Å². The minimum atomic E-state index is 0.0179. The molecule has 0 bridgehead atoms. The zero-order chi connectivity index (χ0) is 10.6. The molecular weight excluding hydrogens is 180 g/mol. The topological polar surface area (TPSA) is 62.6 Å². The van der Waals surface area contributed by atoms with Crippen molar-refractivity contribution < 1.29 is 9.52 Å². The number of aliphatic hydroxyl groups is 1. The van der Waals surface area contributed by atoms with E-state index in [-0.39, 0.29) is 12.6 Å². The van der Waals surface area contributed by atoms with Crippen molar-refractivity contribution >= 4 is 0 Å². The van der Waals surface area contributed by atoms with Crippen LogP contribution in [0.4, 0.5) is 0 Å². The summed E-state index contributed by atoms with van der Waals surface area (Å²) >= 11 is 0. The molecule has 0 amide bonds. The maximum absolute atomic E-state index is 9.05. The molecule has 0 spiro atoms. The van der Waals surface area contributed by atoms with Gasteiger partial charge in [0.2, 0.25) is 0 Å². The van der Waals surface area contributed by atoms with Crippen molar-refractivity contribution in [2.75, 3.05) is 20.2 Å². The van der Waals surface area contributed by atoms with Crippen LogP contribution >= 0.6 is 0 Å². The summed E-state index contributed by atoms with van der Waals surface area (Å²) in [6.07, 6.45) is 1.68. The van der Waals surface area contributed by atoms with Crippen LogP contribution in [0.2, 0.25) is 0 Å². The SMILES string of the molecule is Cc1occc1CN(C)C(CN)CO. The van der Waals surface area contributed by atoms with E-state index in [9.17, 15) is 0 Å². The Kier molecular flexibility index (Phi) is 4.13. The first kappa shape index (κ1) is 11.2. The largest absolute Gasteiger partial charge is 0.469 e. The number of nitrogens with two attached hydrogens (primary N) is 1. The Balaban J connectivity index is 2.56. The molecule has 0 saturated carbocycles. The van der Waals surface area contributed by atoms with Gasteiger partial charge in [-0.3, -0.25) is 4.90 Å². The molecule has 0 aliphatic rings. The molecule has 4 heteroatoms. The fourth-order valence-electron chi connectivity index (χ4n) is 1.37. The molecule has 0 aliphatic carbocycles. The Morgan fingerprint density at radius 2 is 2.36 bits per heavy atom. The van der Waals surface area contributed by atoms with E-state index in [4.69, 9.17) is 15.3 Å². The quantitative estimate of drug-likeness (QED) is 0.716. The van der Waals surface area contributed by atoms with Crippen molar-refractivity contribution in [3.63, 3.8) is 0 Å². The van der Waals surface area contributed by atoms with Gasteiger partial charge < -0.3 is 15.3 Å². The van der Waals surface area contributed by atoms with E-state index < -0.39 is 0 Å². The van der Waals surface area contributed by atoms with Gasteiger partial charge in [0.25, 0.3) is 0 Å². The van der Waals surface area contributed by atoms with Crippen LogP contribution < -0.4 is 5.73 Å². The maximum atomic E-state index is 9.05. The van der Waals surface area contributed by atoms with E-state index >= 15 is 0 Å². The Labute approximate surface area is 84.3 Å². The zero-order valence-corrected chi connectivity index (χ0v) is 8.73. The fourth-order valence-corrected chi connectivity index (χ4v) is 1.37. The highest BCUT2D eigenvalue weighted by Gasteiger charge is 2.13. The molecule has 1 atom stereocenters. The monoisotopic (exact) mass is 198 g/mol. The van der Waals surface area contributed by atoms with E-state index in [0.29, 0.717) is 6.54 Å². The molecule has 0 aromatic carbocycles. The van der Waals surface area contributed by atoms with Gasteiger partial charge in [-0.15, -0.1) is 0 Å². The third-order valence-corrected chi connectivity index (χ3v) is 2.49. The average Bonchev–Trinajstić information content (AvgIpc) is 2.54. The smallest absolute Gasteiger partial charge is 0.105 e. The Morgan fingerprint density at radius 1 is 1.64 bits per heavy atom. The van der Waals surface area contributed by atoms with Crippen LogP contribution in [-0.4, -0.2) is 36.2 Å². The molecule has 1 unspecified atom stereocenters. The maximum Gasteiger partial charge on any atom is 0.105 e. The molecule has 80 valence electrons. The van der Waals surface area contributed by atoms with Gasteiger partial charge in [0.1, 0.15) is 5.76 Å². The lowest BCUT2D eigenvalue weighted by Crippen LogP contribution is -2.40. The van der Waals surface area contributed by atoms with Gasteiger partial charge in [-0.1, -0.05) is 0 Å². The second kappa shape index (κ2) is 5.14. The van der Waals surface area contributed by atoms with Crippen molar-refractivity contribution in [2.24, 2.45) is 5.73 Å². The third kappa shape index (κ3) is 2.57. The summed E-state index contributed by atoms with van der Waals surface area (Å²) in [5, 5.41) is 9.05. The van der Waals surface area contributed by atoms with Gasteiger partial charge in [-0.2, -0.15) is 0 Å². The van der Waals surface area contributed by atoms with Crippen molar-refractivity contribution in [1.82, 2.24) is 4.90 Å². The highest BCUT2D eigenvalue weighted by molar-refractivity contribution is 5.15. The number of likely N-dealkylation sites (N-methyl/N-ethyl adjacent to an activating group) is 1. The molecule has 1 aromatic heterocycles. The molecule has 1 rings (SSSR count). The number of hydrogen-bond donors (Lipinski definition) is 2. The molecule has 0 aliphatic heterocycles. The Bertz CT molecular complexity index is 269. The molecule has 3 N–H and O–H groups in total. The average molecular weight is 198 g/mol. The van der Waals surface area contributed by atoms with Crippen molar-refractivity contribution in [3.8, 4) is 0 Å². The molecule has 0 radical (unpaired) electrons. The summed E-state index contributed by atoms with van der Waals surface area (Å²) in [7, 11) is 1.94. The summed E-state index contributed by atoms with van der Waals surface area (Å²) in [6, 6.07) is 1.96. The van der Waals surface area contributed by atoms with Gasteiger partial charge >= 0.3 is 0 Å². The van der Waals surface area contributed by atoms with Gasteiger partial charge in [0, 0.05) is 24.7 Å². The zero-order valence-electron chi connectivity index (χ0n) is 8.73. The van der Waals surface area contributed by atoms with E-state index in [1.807, 2.05) is 24.9 Å². The molecule has 14 heavy (non-hydrogen) atoms. The predicted octanol–water partition coefficient (Wildman–Crippen LogP) is 0.339. The van der Waals surface area contributed by atoms with E-state index in [1.165, 1.54) is 0 Å². The molecular formula is C10H18N2O2. The van der Waals surface area contributed by atoms with Crippen LogP contribution in [0.15, 0.2) is 16.7 Å². The second-order valence-electron chi connectivity index (χ2n) is 3.49. The molecule has 4 nitrogen and oxygen atoms in total. The minimum Gasteiger partial charge on any atom is -0.469 e. The van der Waals surface area contributed by atoms with Crippen molar-refractivity contribution in [3.05, 3.63) is 23.7 Å². The third-order valence-electron chi connectivity index (χ3n) is 2.49. The first-order chi connectivity index (χ1) is 6.69. The van der Waals surface area contributed by atoms with Crippen LogP contribution in [0.25, 0.3) is 0 Å². The lowest BCUT2D eigenvalue weighted by atomic mass is 10.2. The van der Waals surface area contributed by atoms with E-state index in [1.54, 1.807) is 6.26 Å². The lowest BCUT2D eigenvalue weighted by Gasteiger charge is -2.24. The Morgan fingerprint density at radius 3 is 2.79 bits per heavy atom. The number of rotatable bonds is 5. The summed E-state index contributed by atoms with van der Waals surface area (Å²) < 4.78 is 5.19. The first-order valence-electron chi connectivity index (χ1n) is 4.73. The number of aryl methyl sites for hydroxylation is 1. The molecule has 1 aromatic rings. The lowest BCUT2D eigenvalue weighted by molar-refractivity contribution is 0.146. The van der Waals surface area contributed by atoms with Crippen LogP contribution in [-0.2, 0) is 6.54 Å². The second-order valence-corrected chi connectivity index (χ2v) is 3.49. The first-order valence-corrected chi connectivity index (χ1v) is 4.73. The summed E-state index contributed by atoms with van der Waals surface area (Å²) in [5.74, 6) is 0.922. The number of hydrogen-bond acceptors (Lipinski definition) is 4. The van der Waals surface area contributed by atoms with Crippen LogP contribution in [0, 0.1) is 6.92 Å². The van der Waals surface area contributed by atoms with Crippen LogP contribution in [0.5, 0.6) is 0 Å². The highest BCUT2D eigenvalue weighted by Crippen LogP contribution is 2.12. The van der Waals surface area contributed by atoms with Gasteiger partial charge in [0.05, 0.1) is 12.9 Å². The van der Waals surface area contributed by atoms with Crippen molar-refractivity contribution in [2.45, 2.75) is 19.5 Å². The molecule has 1 heterocycles. The summed E-state index contributed by atoms with van der Waals surface area (Å²) in [5.41, 5.74) is 6.66. The predicted molar refractivity (Wildman–Crippen MR) is 54.8 cm³/mol. The van der Waals surface area contributed by atoms with Crippen LogP contribution in [0.3, 0.4) is 0 Å². The fraction of sp³-hybridized carbons (Fsp3) is 0.600. The standard InChI is InChI=1S/C10H18N2O2/c1-8-9(3-4-14-8)6-12(2)10(5-11)7-13/h3-4,10,13H,5-7,11H2,1-2H3. The molecule has 0 saturated heterocycles. The normalized spacial score (nSPS) is 13.5. The van der Waals surface area contributed by atoms with E-state index in [0.717, 1.165) is 17.9 Å². The summed E-state index contributed by atoms with van der Waals surface area (Å²) in [6.45, 7) is 3.23. The molecule has 0 fully saturated rings. The van der Waals surface area contributed by atoms with Gasteiger partial charge in [0.15, 0.2) is 0 Å². The van der Waals surface area contributed by atoms with Crippen LogP contribution in [0.1, 0.15) is 11.3 Å². The number of furan rings is 1. The highest BCUT2D eigenvalue weighted by atomic mass is 16.3. The minimum absolute atomic E-state index is 0.0179. The van der Waals surface area contributed by atoms with Gasteiger partial charge in [-0.25, -0.2) is 0 Å². The Hall–Kier alpha value is -0.840.